The van der Waals surface area contributed by atoms with Gasteiger partial charge in [0.1, 0.15) is 24.7 Å². The molecule has 1 N–H and O–H groups in total. The molecule has 0 spiro atoms. The zero-order valence-electron chi connectivity index (χ0n) is 30.7. The molecule has 13 heteroatoms. The minimum atomic E-state index is -1.26. The van der Waals surface area contributed by atoms with Crippen LogP contribution in [0.4, 0.5) is 5.69 Å². The Bertz CT molecular complexity index is 1630. The van der Waals surface area contributed by atoms with E-state index in [0.717, 1.165) is 55.4 Å². The van der Waals surface area contributed by atoms with Crippen LogP contribution >= 0.6 is 0 Å². The van der Waals surface area contributed by atoms with E-state index in [1.165, 1.54) is 24.1 Å². The summed E-state index contributed by atoms with van der Waals surface area (Å²) >= 11 is 0. The summed E-state index contributed by atoms with van der Waals surface area (Å²) in [5, 5.41) is 8.37. The minimum absolute atomic E-state index is 0.0742. The molecule has 264 valence electrons. The number of hydrogen-bond donors (Lipinski definition) is 1. The largest absolute Gasteiger partial charge is 0.379 e. The van der Waals surface area contributed by atoms with Crippen LogP contribution in [0.15, 0.2) is 12.3 Å². The lowest BCUT2D eigenvalue weighted by Gasteiger charge is -2.50. The Morgan fingerprint density at radius 2 is 1.69 bits per heavy atom. The number of aromatic nitrogens is 5. The predicted octanol–water partition coefficient (Wildman–Crippen LogP) is 6.41. The van der Waals surface area contributed by atoms with Crippen molar-refractivity contribution in [2.45, 2.75) is 116 Å². The molecule has 3 aromatic rings. The van der Waals surface area contributed by atoms with Gasteiger partial charge in [0, 0.05) is 53.7 Å². The minimum Gasteiger partial charge on any atom is -0.379 e. The number of nitrogens with zero attached hydrogens (tertiary/aromatic N) is 6. The number of nitrogens with one attached hydrogen (secondary N) is 1. The fraction of sp³-hybridized carbons (Fsp3) is 0.714. The predicted molar refractivity (Wildman–Crippen MR) is 196 cm³/mol. The van der Waals surface area contributed by atoms with Crippen molar-refractivity contribution >= 4 is 38.9 Å². The number of carbonyl (C=O) groups is 1. The summed E-state index contributed by atoms with van der Waals surface area (Å²) in [6.07, 6.45) is 5.09. The number of ether oxygens (including phenoxy) is 3. The third kappa shape index (κ3) is 7.66. The van der Waals surface area contributed by atoms with Crippen LogP contribution in [0.3, 0.4) is 0 Å². The van der Waals surface area contributed by atoms with Gasteiger partial charge in [0.15, 0.2) is 11.5 Å². The number of anilines is 1. The Morgan fingerprint density at radius 3 is 2.33 bits per heavy atom. The number of imidazole rings is 1. The number of pyridine rings is 1. The highest BCUT2D eigenvalue weighted by molar-refractivity contribution is 6.76. The summed E-state index contributed by atoms with van der Waals surface area (Å²) in [5.41, 5.74) is 5.22. The van der Waals surface area contributed by atoms with Crippen LogP contribution in [-0.4, -0.2) is 96.3 Å². The topological polar surface area (TPSA) is 109 Å². The second-order valence-electron chi connectivity index (χ2n) is 17.5. The van der Waals surface area contributed by atoms with Gasteiger partial charge >= 0.3 is 0 Å². The highest BCUT2D eigenvalue weighted by atomic mass is 28.3. The molecule has 7 rings (SSSR count). The summed E-state index contributed by atoms with van der Waals surface area (Å²) < 4.78 is 22.3. The molecule has 3 aliphatic carbocycles. The fourth-order valence-electron chi connectivity index (χ4n) is 7.28. The van der Waals surface area contributed by atoms with Gasteiger partial charge in [0.05, 0.1) is 30.6 Å². The summed E-state index contributed by atoms with van der Waals surface area (Å²) in [4.78, 5) is 25.8. The number of hydrogen-bond acceptors (Lipinski definition) is 8. The first-order valence-corrected chi connectivity index (χ1v) is 25.2. The Morgan fingerprint density at radius 1 is 1.04 bits per heavy atom. The Labute approximate surface area is 288 Å². The molecule has 1 saturated carbocycles. The van der Waals surface area contributed by atoms with E-state index < -0.39 is 21.7 Å². The van der Waals surface area contributed by atoms with Gasteiger partial charge in [-0.05, 0) is 62.6 Å². The van der Waals surface area contributed by atoms with Crippen molar-refractivity contribution in [1.82, 2.24) is 29.2 Å². The molecule has 3 aromatic heterocycles. The van der Waals surface area contributed by atoms with Crippen LogP contribution in [0, 0.1) is 5.41 Å². The van der Waals surface area contributed by atoms with Gasteiger partial charge in [-0.25, -0.2) is 14.6 Å². The van der Waals surface area contributed by atoms with Crippen LogP contribution in [-0.2, 0) is 38.9 Å². The third-order valence-corrected chi connectivity index (χ3v) is 13.8. The molecule has 0 radical (unpaired) electrons. The second kappa shape index (κ2) is 13.4. The molecule has 4 aliphatic rings. The van der Waals surface area contributed by atoms with Crippen molar-refractivity contribution < 1.29 is 19.0 Å². The average molecular weight is 696 g/mol. The summed E-state index contributed by atoms with van der Waals surface area (Å²) in [5.74, 6) is 1.17. The summed E-state index contributed by atoms with van der Waals surface area (Å²) in [6.45, 7) is 25.5. The van der Waals surface area contributed by atoms with Crippen molar-refractivity contribution in [3.05, 3.63) is 23.5 Å². The van der Waals surface area contributed by atoms with E-state index in [4.69, 9.17) is 29.3 Å². The lowest BCUT2D eigenvalue weighted by Crippen LogP contribution is -2.56. The maximum absolute atomic E-state index is 13.5. The van der Waals surface area contributed by atoms with Gasteiger partial charge in [0.25, 0.3) is 0 Å². The van der Waals surface area contributed by atoms with E-state index in [1.54, 1.807) is 6.20 Å². The van der Waals surface area contributed by atoms with Crippen LogP contribution < -0.4 is 5.32 Å². The molecule has 0 atom stereocenters. The second-order valence-corrected chi connectivity index (χ2v) is 28.8. The Kier molecular flexibility index (Phi) is 9.86. The fourth-order valence-corrected chi connectivity index (χ4v) is 8.79. The number of carbonyl (C=O) groups excluding carboxylic acids is 1. The van der Waals surface area contributed by atoms with Gasteiger partial charge < -0.3 is 19.5 Å². The third-order valence-electron chi connectivity index (χ3n) is 10.4. The quantitative estimate of drug-likeness (QED) is 0.152. The van der Waals surface area contributed by atoms with Gasteiger partial charge in [0.2, 0.25) is 5.91 Å². The van der Waals surface area contributed by atoms with Crippen LogP contribution in [0.25, 0.3) is 22.7 Å². The van der Waals surface area contributed by atoms with E-state index in [9.17, 15) is 4.79 Å². The first kappa shape index (κ1) is 35.4. The Hall–Kier alpha value is -2.43. The molecule has 2 bridgehead atoms. The first-order chi connectivity index (χ1) is 22.5. The monoisotopic (exact) mass is 695 g/mol. The maximum atomic E-state index is 13.5. The van der Waals surface area contributed by atoms with Crippen LogP contribution in [0.1, 0.15) is 50.8 Å². The molecule has 0 unspecified atom stereocenters. The van der Waals surface area contributed by atoms with E-state index >= 15 is 0 Å². The average Bonchev–Trinajstić information content (AvgIpc) is 3.54. The van der Waals surface area contributed by atoms with E-state index in [0.29, 0.717) is 55.8 Å². The van der Waals surface area contributed by atoms with Crippen molar-refractivity contribution in [1.29, 1.82) is 0 Å². The van der Waals surface area contributed by atoms with Crippen molar-refractivity contribution in [3.8, 4) is 11.5 Å². The highest BCUT2D eigenvalue weighted by Crippen LogP contribution is 2.59. The highest BCUT2D eigenvalue weighted by Gasteiger charge is 2.50. The summed E-state index contributed by atoms with van der Waals surface area (Å²) in [7, 11) is -2.46. The number of morpholine rings is 1. The van der Waals surface area contributed by atoms with Gasteiger partial charge in [-0.3, -0.25) is 14.3 Å². The molecule has 0 aromatic carbocycles. The smallest absolute Gasteiger partial charge is 0.244 e. The number of amides is 1. The normalized spacial score (nSPS) is 21.7. The molecule has 48 heavy (non-hydrogen) atoms. The van der Waals surface area contributed by atoms with Gasteiger partial charge in [-0.1, -0.05) is 46.2 Å². The van der Waals surface area contributed by atoms with E-state index in [-0.39, 0.29) is 5.91 Å². The molecule has 11 nitrogen and oxygen atoms in total. The Balaban J connectivity index is 1.33. The van der Waals surface area contributed by atoms with Gasteiger partial charge in [-0.15, -0.1) is 0 Å². The van der Waals surface area contributed by atoms with Crippen molar-refractivity contribution in [2.24, 2.45) is 5.41 Å². The molecular weight excluding hydrogens is 639 g/mol. The standard InChI is InChI=1S/C35H57N7O4Si2/c1-34(2,40-10-12-44-13-11-40)33(43)37-26-18-27-31(36-22-26)41(23-45-14-16-47(4,5)6)32(38-27)30-29-25-19-35(3,20-25)21-28(29)42(39-30)24-46-15-17-48(7,8)9/h18,22,25H,10-17,19-21,23-24H2,1-9H3,(H,37,43). The lowest BCUT2D eigenvalue weighted by molar-refractivity contribution is -0.129. The number of fused-ring (bicyclic) bond motifs is 1. The van der Waals surface area contributed by atoms with Crippen LogP contribution in [0.5, 0.6) is 0 Å². The molecule has 1 aliphatic heterocycles. The number of rotatable bonds is 14. The van der Waals surface area contributed by atoms with E-state index in [1.807, 2.05) is 19.9 Å². The molecule has 2 fully saturated rings. The van der Waals surface area contributed by atoms with Crippen LogP contribution in [0.2, 0.25) is 51.4 Å². The molecule has 1 amide bonds. The van der Waals surface area contributed by atoms with Crippen molar-refractivity contribution in [2.75, 3.05) is 44.8 Å². The molecule has 1 saturated heterocycles. The SMILES string of the molecule is CC12Cc3c(c(-c4nc5cc(NC(=O)C(C)(C)N6CCOCC6)cnc5n4COCC[Si](C)(C)C)nn3COCC[Si](C)(C)C)C(C1)C2. The first-order valence-electron chi connectivity index (χ1n) is 17.8. The van der Waals surface area contributed by atoms with Gasteiger partial charge in [-0.2, -0.15) is 5.10 Å². The zero-order chi connectivity index (χ0) is 34.5. The molecular formula is C35H57N7O4Si2. The lowest BCUT2D eigenvalue weighted by atomic mass is 9.54. The zero-order valence-corrected chi connectivity index (χ0v) is 32.7. The maximum Gasteiger partial charge on any atom is 0.244 e. The summed E-state index contributed by atoms with van der Waals surface area (Å²) in [6, 6.07) is 4.14. The van der Waals surface area contributed by atoms with E-state index in [2.05, 4.69) is 65.7 Å². The molecule has 4 heterocycles. The van der Waals surface area contributed by atoms with Crippen molar-refractivity contribution in [3.63, 3.8) is 0 Å².